The molecule has 2 aromatic rings. The molecule has 0 unspecified atom stereocenters. The SMILES string of the molecule is CCCOc1ccc(Br)cc1/C=N/NC(=O)c1cc(Br)ccc1OC. The molecule has 0 saturated carbocycles. The molecule has 0 radical (unpaired) electrons. The number of ether oxygens (including phenoxy) is 2. The van der Waals surface area contributed by atoms with Crippen LogP contribution in [-0.4, -0.2) is 25.8 Å². The average molecular weight is 470 g/mol. The molecule has 0 saturated heterocycles. The topological polar surface area (TPSA) is 59.9 Å². The zero-order valence-electron chi connectivity index (χ0n) is 13.9. The zero-order valence-corrected chi connectivity index (χ0v) is 17.1. The molecule has 0 heterocycles. The van der Waals surface area contributed by atoms with Gasteiger partial charge in [-0.1, -0.05) is 38.8 Å². The molecule has 0 aliphatic rings. The van der Waals surface area contributed by atoms with Crippen molar-refractivity contribution < 1.29 is 14.3 Å². The fraction of sp³-hybridized carbons (Fsp3) is 0.222. The summed E-state index contributed by atoms with van der Waals surface area (Å²) in [7, 11) is 1.52. The summed E-state index contributed by atoms with van der Waals surface area (Å²) in [6, 6.07) is 10.8. The van der Waals surface area contributed by atoms with Gasteiger partial charge >= 0.3 is 0 Å². The highest BCUT2D eigenvalue weighted by molar-refractivity contribution is 9.10. The van der Waals surface area contributed by atoms with Gasteiger partial charge in [-0.2, -0.15) is 5.10 Å². The first-order chi connectivity index (χ1) is 12.0. The van der Waals surface area contributed by atoms with E-state index in [1.807, 2.05) is 25.1 Å². The van der Waals surface area contributed by atoms with Crippen molar-refractivity contribution in [3.05, 3.63) is 56.5 Å². The summed E-state index contributed by atoms with van der Waals surface area (Å²) >= 11 is 6.77. The van der Waals surface area contributed by atoms with E-state index in [1.54, 1.807) is 24.4 Å². The van der Waals surface area contributed by atoms with Gasteiger partial charge in [-0.3, -0.25) is 4.79 Å². The second-order valence-electron chi connectivity index (χ2n) is 5.07. The standard InChI is InChI=1S/C18H18Br2N2O3/c1-3-8-25-16-6-4-13(19)9-12(16)11-21-22-18(23)15-10-14(20)5-7-17(15)24-2/h4-7,9-11H,3,8H2,1-2H3,(H,22,23)/b21-11+. The molecule has 0 aromatic heterocycles. The van der Waals surface area contributed by atoms with E-state index in [4.69, 9.17) is 9.47 Å². The van der Waals surface area contributed by atoms with Gasteiger partial charge in [-0.05, 0) is 42.8 Å². The molecule has 5 nitrogen and oxygen atoms in total. The molecule has 0 bridgehead atoms. The van der Waals surface area contributed by atoms with Crippen molar-refractivity contribution in [1.82, 2.24) is 5.43 Å². The number of hydrogen-bond acceptors (Lipinski definition) is 4. The second kappa shape index (κ2) is 9.58. The van der Waals surface area contributed by atoms with Gasteiger partial charge < -0.3 is 9.47 Å². The van der Waals surface area contributed by atoms with Crippen LogP contribution in [0.5, 0.6) is 11.5 Å². The Balaban J connectivity index is 2.14. The number of hydrogen-bond donors (Lipinski definition) is 1. The van der Waals surface area contributed by atoms with Crippen molar-refractivity contribution in [2.75, 3.05) is 13.7 Å². The van der Waals surface area contributed by atoms with Crippen LogP contribution >= 0.6 is 31.9 Å². The van der Waals surface area contributed by atoms with Gasteiger partial charge in [-0.15, -0.1) is 0 Å². The molecule has 1 N–H and O–H groups in total. The van der Waals surface area contributed by atoms with Crippen LogP contribution in [0.15, 0.2) is 50.4 Å². The van der Waals surface area contributed by atoms with Gasteiger partial charge in [-0.25, -0.2) is 5.43 Å². The number of methoxy groups -OCH3 is 1. The fourth-order valence-corrected chi connectivity index (χ4v) is 2.78. The van der Waals surface area contributed by atoms with Crippen LogP contribution < -0.4 is 14.9 Å². The van der Waals surface area contributed by atoms with Crippen LogP contribution in [0.3, 0.4) is 0 Å². The zero-order chi connectivity index (χ0) is 18.2. The number of rotatable bonds is 7. The second-order valence-corrected chi connectivity index (χ2v) is 6.91. The summed E-state index contributed by atoms with van der Waals surface area (Å²) in [4.78, 5) is 12.3. The van der Waals surface area contributed by atoms with Crippen LogP contribution in [0.4, 0.5) is 0 Å². The third-order valence-electron chi connectivity index (χ3n) is 3.21. The number of nitrogens with zero attached hydrogens (tertiary/aromatic N) is 1. The van der Waals surface area contributed by atoms with Gasteiger partial charge in [0.15, 0.2) is 0 Å². The van der Waals surface area contributed by atoms with Crippen LogP contribution in [0.2, 0.25) is 0 Å². The smallest absolute Gasteiger partial charge is 0.275 e. The van der Waals surface area contributed by atoms with Crippen molar-refractivity contribution in [3.8, 4) is 11.5 Å². The van der Waals surface area contributed by atoms with Crippen molar-refractivity contribution in [1.29, 1.82) is 0 Å². The molecular formula is C18H18Br2N2O3. The molecule has 0 fully saturated rings. The first-order valence-corrected chi connectivity index (χ1v) is 9.23. The quantitative estimate of drug-likeness (QED) is 0.469. The Hall–Kier alpha value is -1.86. The Labute approximate surface area is 163 Å². The molecule has 0 atom stereocenters. The Morgan fingerprint density at radius 1 is 1.16 bits per heavy atom. The van der Waals surface area contributed by atoms with Crippen LogP contribution in [0, 0.1) is 0 Å². The molecule has 7 heteroatoms. The minimum absolute atomic E-state index is 0.361. The number of hydrazone groups is 1. The van der Waals surface area contributed by atoms with E-state index in [2.05, 4.69) is 42.4 Å². The summed E-state index contributed by atoms with van der Waals surface area (Å²) in [5.74, 6) is 0.828. The van der Waals surface area contributed by atoms with E-state index in [0.29, 0.717) is 23.7 Å². The molecular weight excluding hydrogens is 452 g/mol. The van der Waals surface area contributed by atoms with E-state index in [9.17, 15) is 4.79 Å². The maximum Gasteiger partial charge on any atom is 0.275 e. The van der Waals surface area contributed by atoms with Crippen molar-refractivity contribution in [2.24, 2.45) is 5.10 Å². The molecule has 2 rings (SSSR count). The first kappa shape index (κ1) is 19.5. The molecule has 0 aliphatic heterocycles. The monoisotopic (exact) mass is 468 g/mol. The highest BCUT2D eigenvalue weighted by Gasteiger charge is 2.12. The highest BCUT2D eigenvalue weighted by Crippen LogP contribution is 2.23. The number of halogens is 2. The molecule has 0 spiro atoms. The molecule has 1 amide bonds. The van der Waals surface area contributed by atoms with Gasteiger partial charge in [0.2, 0.25) is 0 Å². The minimum Gasteiger partial charge on any atom is -0.496 e. The summed E-state index contributed by atoms with van der Waals surface area (Å²) in [5.41, 5.74) is 3.67. The average Bonchev–Trinajstić information content (AvgIpc) is 2.61. The molecule has 132 valence electrons. The largest absolute Gasteiger partial charge is 0.496 e. The third-order valence-corrected chi connectivity index (χ3v) is 4.20. The van der Waals surface area contributed by atoms with Crippen LogP contribution in [0.25, 0.3) is 0 Å². The van der Waals surface area contributed by atoms with E-state index in [1.165, 1.54) is 7.11 Å². The van der Waals surface area contributed by atoms with Crippen LogP contribution in [-0.2, 0) is 0 Å². The summed E-state index contributed by atoms with van der Waals surface area (Å²) in [6.45, 7) is 2.66. The number of amides is 1. The van der Waals surface area contributed by atoms with Crippen molar-refractivity contribution >= 4 is 44.0 Å². The lowest BCUT2D eigenvalue weighted by atomic mass is 10.2. The minimum atomic E-state index is -0.361. The maximum absolute atomic E-state index is 12.3. The van der Waals surface area contributed by atoms with Crippen molar-refractivity contribution in [3.63, 3.8) is 0 Å². The maximum atomic E-state index is 12.3. The summed E-state index contributed by atoms with van der Waals surface area (Å²) < 4.78 is 12.6. The number of carbonyl (C=O) groups excluding carboxylic acids is 1. The van der Waals surface area contributed by atoms with Crippen LogP contribution in [0.1, 0.15) is 29.3 Å². The molecule has 0 aliphatic carbocycles. The van der Waals surface area contributed by atoms with Gasteiger partial charge in [0.1, 0.15) is 11.5 Å². The van der Waals surface area contributed by atoms with Gasteiger partial charge in [0.25, 0.3) is 5.91 Å². The Morgan fingerprint density at radius 2 is 1.84 bits per heavy atom. The van der Waals surface area contributed by atoms with E-state index in [0.717, 1.165) is 20.9 Å². The predicted molar refractivity (Wildman–Crippen MR) is 106 cm³/mol. The van der Waals surface area contributed by atoms with Crippen molar-refractivity contribution in [2.45, 2.75) is 13.3 Å². The lowest BCUT2D eigenvalue weighted by Gasteiger charge is -2.09. The highest BCUT2D eigenvalue weighted by atomic mass is 79.9. The lowest BCUT2D eigenvalue weighted by Crippen LogP contribution is -2.18. The van der Waals surface area contributed by atoms with Gasteiger partial charge in [0.05, 0.1) is 25.5 Å². The Bertz CT molecular complexity index is 779. The summed E-state index contributed by atoms with van der Waals surface area (Å²) in [5, 5.41) is 4.04. The Kier molecular flexibility index (Phi) is 7.46. The normalized spacial score (nSPS) is 10.7. The number of carbonyl (C=O) groups is 1. The summed E-state index contributed by atoms with van der Waals surface area (Å²) in [6.07, 6.45) is 2.46. The predicted octanol–water partition coefficient (Wildman–Crippen LogP) is 4.77. The first-order valence-electron chi connectivity index (χ1n) is 7.64. The third kappa shape index (κ3) is 5.57. The molecule has 25 heavy (non-hydrogen) atoms. The number of benzene rings is 2. The molecule has 2 aromatic carbocycles. The lowest BCUT2D eigenvalue weighted by molar-refractivity contribution is 0.0952. The van der Waals surface area contributed by atoms with E-state index < -0.39 is 0 Å². The number of nitrogens with one attached hydrogen (secondary N) is 1. The van der Waals surface area contributed by atoms with Gasteiger partial charge in [0, 0.05) is 14.5 Å². The van der Waals surface area contributed by atoms with E-state index in [-0.39, 0.29) is 5.91 Å². The fourth-order valence-electron chi connectivity index (χ4n) is 2.04. The Morgan fingerprint density at radius 3 is 2.52 bits per heavy atom. The van der Waals surface area contributed by atoms with E-state index >= 15 is 0 Å².